The van der Waals surface area contributed by atoms with Crippen molar-refractivity contribution in [3.8, 4) is 17.2 Å². The number of ether oxygens (including phenoxy) is 3. The lowest BCUT2D eigenvalue weighted by Gasteiger charge is -2.14. The van der Waals surface area contributed by atoms with Gasteiger partial charge in [0.05, 0.1) is 21.3 Å². The first-order valence-corrected chi connectivity index (χ1v) is 6.11. The van der Waals surface area contributed by atoms with Gasteiger partial charge in [0, 0.05) is 19.5 Å². The van der Waals surface area contributed by atoms with E-state index in [1.54, 1.807) is 28.3 Å². The van der Waals surface area contributed by atoms with E-state index < -0.39 is 0 Å². The minimum Gasteiger partial charge on any atom is -0.493 e. The van der Waals surface area contributed by atoms with E-state index in [0.717, 1.165) is 5.56 Å². The third-order valence-electron chi connectivity index (χ3n) is 2.71. The second kappa shape index (κ2) is 7.63. The van der Waals surface area contributed by atoms with Crippen LogP contribution in [0.25, 0.3) is 0 Å². The molecule has 5 nitrogen and oxygen atoms in total. The Hall–Kier alpha value is -1.75. The SMILES string of the molecule is COc1cc(CNCCC(C)=O)cc(OC)c1OC. The molecule has 0 aliphatic heterocycles. The Bertz CT molecular complexity index is 406. The molecular weight excluding hydrogens is 246 g/mol. The van der Waals surface area contributed by atoms with Crippen molar-refractivity contribution < 1.29 is 19.0 Å². The van der Waals surface area contributed by atoms with Crippen LogP contribution in [0.4, 0.5) is 0 Å². The molecule has 0 bridgehead atoms. The number of nitrogens with one attached hydrogen (secondary N) is 1. The first-order chi connectivity index (χ1) is 9.12. The van der Waals surface area contributed by atoms with E-state index in [-0.39, 0.29) is 5.78 Å². The summed E-state index contributed by atoms with van der Waals surface area (Å²) < 4.78 is 15.8. The van der Waals surface area contributed by atoms with Gasteiger partial charge in [-0.3, -0.25) is 4.79 Å². The topological polar surface area (TPSA) is 56.8 Å². The van der Waals surface area contributed by atoms with Gasteiger partial charge in [-0.05, 0) is 24.6 Å². The molecule has 0 aromatic heterocycles. The monoisotopic (exact) mass is 267 g/mol. The summed E-state index contributed by atoms with van der Waals surface area (Å²) in [7, 11) is 4.75. The number of rotatable bonds is 8. The maximum absolute atomic E-state index is 10.8. The first-order valence-electron chi connectivity index (χ1n) is 6.11. The van der Waals surface area contributed by atoms with E-state index in [1.807, 2.05) is 12.1 Å². The molecule has 0 atom stereocenters. The fraction of sp³-hybridized carbons (Fsp3) is 0.500. The molecule has 5 heteroatoms. The quantitative estimate of drug-likeness (QED) is 0.728. The van der Waals surface area contributed by atoms with E-state index in [4.69, 9.17) is 14.2 Å². The fourth-order valence-corrected chi connectivity index (χ4v) is 1.73. The van der Waals surface area contributed by atoms with Crippen molar-refractivity contribution in [2.45, 2.75) is 19.9 Å². The van der Waals surface area contributed by atoms with Gasteiger partial charge >= 0.3 is 0 Å². The summed E-state index contributed by atoms with van der Waals surface area (Å²) in [5.41, 5.74) is 1.01. The number of hydrogen-bond acceptors (Lipinski definition) is 5. The highest BCUT2D eigenvalue weighted by Gasteiger charge is 2.12. The number of hydrogen-bond donors (Lipinski definition) is 1. The molecule has 0 saturated carbocycles. The van der Waals surface area contributed by atoms with E-state index in [1.165, 1.54) is 0 Å². The molecule has 0 aliphatic rings. The van der Waals surface area contributed by atoms with Crippen molar-refractivity contribution in [1.29, 1.82) is 0 Å². The largest absolute Gasteiger partial charge is 0.493 e. The van der Waals surface area contributed by atoms with Crippen LogP contribution in [0.15, 0.2) is 12.1 Å². The van der Waals surface area contributed by atoms with Gasteiger partial charge in [0.25, 0.3) is 0 Å². The summed E-state index contributed by atoms with van der Waals surface area (Å²) in [5.74, 6) is 2.02. The normalized spacial score (nSPS) is 10.1. The van der Waals surface area contributed by atoms with Gasteiger partial charge in [-0.25, -0.2) is 0 Å². The van der Waals surface area contributed by atoms with Gasteiger partial charge in [-0.2, -0.15) is 0 Å². The molecule has 0 spiro atoms. The van der Waals surface area contributed by atoms with E-state index in [9.17, 15) is 4.79 Å². The molecule has 0 unspecified atom stereocenters. The van der Waals surface area contributed by atoms with E-state index in [2.05, 4.69) is 5.32 Å². The highest BCUT2D eigenvalue weighted by Crippen LogP contribution is 2.38. The highest BCUT2D eigenvalue weighted by molar-refractivity contribution is 5.75. The van der Waals surface area contributed by atoms with Crippen molar-refractivity contribution in [1.82, 2.24) is 5.32 Å². The van der Waals surface area contributed by atoms with Crippen molar-refractivity contribution >= 4 is 5.78 Å². The number of benzene rings is 1. The second-order valence-electron chi connectivity index (χ2n) is 4.16. The van der Waals surface area contributed by atoms with Crippen LogP contribution < -0.4 is 19.5 Å². The van der Waals surface area contributed by atoms with Gasteiger partial charge in [0.1, 0.15) is 5.78 Å². The lowest BCUT2D eigenvalue weighted by atomic mass is 10.1. The van der Waals surface area contributed by atoms with Crippen LogP contribution in [-0.2, 0) is 11.3 Å². The van der Waals surface area contributed by atoms with Crippen LogP contribution >= 0.6 is 0 Å². The van der Waals surface area contributed by atoms with Crippen LogP contribution in [-0.4, -0.2) is 33.7 Å². The molecule has 0 saturated heterocycles. The zero-order chi connectivity index (χ0) is 14.3. The lowest BCUT2D eigenvalue weighted by Crippen LogP contribution is -2.17. The summed E-state index contributed by atoms with van der Waals surface area (Å²) in [6.07, 6.45) is 0.532. The minimum atomic E-state index is 0.178. The number of carbonyl (C=O) groups excluding carboxylic acids is 1. The summed E-state index contributed by atoms with van der Waals surface area (Å²) in [5, 5.41) is 3.20. The molecule has 1 rings (SSSR count). The zero-order valence-electron chi connectivity index (χ0n) is 11.9. The van der Waals surface area contributed by atoms with Crippen LogP contribution in [0.5, 0.6) is 17.2 Å². The Kier molecular flexibility index (Phi) is 6.15. The average molecular weight is 267 g/mol. The molecule has 0 heterocycles. The minimum absolute atomic E-state index is 0.178. The van der Waals surface area contributed by atoms with Gasteiger partial charge in [-0.15, -0.1) is 0 Å². The standard InChI is InChI=1S/C14H21NO4/c1-10(16)5-6-15-9-11-7-12(17-2)14(19-4)13(8-11)18-3/h7-8,15H,5-6,9H2,1-4H3. The number of methoxy groups -OCH3 is 3. The summed E-state index contributed by atoms with van der Waals surface area (Å²) in [6.45, 7) is 2.89. The Balaban J connectivity index is 2.76. The first kappa shape index (κ1) is 15.3. The maximum atomic E-state index is 10.8. The predicted octanol–water partition coefficient (Wildman–Crippen LogP) is 1.78. The van der Waals surface area contributed by atoms with Crippen molar-refractivity contribution in [3.63, 3.8) is 0 Å². The molecule has 1 aromatic carbocycles. The Morgan fingerprint density at radius 2 is 1.68 bits per heavy atom. The molecular formula is C14H21NO4. The smallest absolute Gasteiger partial charge is 0.203 e. The van der Waals surface area contributed by atoms with Crippen molar-refractivity contribution in [2.75, 3.05) is 27.9 Å². The molecule has 0 fully saturated rings. The molecule has 0 amide bonds. The molecule has 19 heavy (non-hydrogen) atoms. The highest BCUT2D eigenvalue weighted by atomic mass is 16.5. The summed E-state index contributed by atoms with van der Waals surface area (Å²) in [4.78, 5) is 10.8. The van der Waals surface area contributed by atoms with Crippen LogP contribution in [0, 0.1) is 0 Å². The Morgan fingerprint density at radius 3 is 2.11 bits per heavy atom. The summed E-state index contributed by atoms with van der Waals surface area (Å²) >= 11 is 0. The van der Waals surface area contributed by atoms with Gasteiger partial charge < -0.3 is 19.5 Å². The Labute approximate surface area is 113 Å². The lowest BCUT2D eigenvalue weighted by molar-refractivity contribution is -0.116. The fourth-order valence-electron chi connectivity index (χ4n) is 1.73. The second-order valence-corrected chi connectivity index (χ2v) is 4.16. The van der Waals surface area contributed by atoms with Gasteiger partial charge in [0.2, 0.25) is 5.75 Å². The van der Waals surface area contributed by atoms with Crippen LogP contribution in [0.1, 0.15) is 18.9 Å². The number of Topliss-reactive ketones (excluding diaryl/α,β-unsaturated/α-hetero) is 1. The average Bonchev–Trinajstić information content (AvgIpc) is 2.42. The molecule has 1 aromatic rings. The Morgan fingerprint density at radius 1 is 1.11 bits per heavy atom. The zero-order valence-corrected chi connectivity index (χ0v) is 11.9. The molecule has 1 N–H and O–H groups in total. The summed E-state index contributed by atoms with van der Waals surface area (Å²) in [6, 6.07) is 3.78. The van der Waals surface area contributed by atoms with Crippen LogP contribution in [0.2, 0.25) is 0 Å². The molecule has 106 valence electrons. The van der Waals surface area contributed by atoms with E-state index in [0.29, 0.717) is 36.8 Å². The number of ketones is 1. The van der Waals surface area contributed by atoms with Gasteiger partial charge in [-0.1, -0.05) is 0 Å². The van der Waals surface area contributed by atoms with E-state index >= 15 is 0 Å². The van der Waals surface area contributed by atoms with Gasteiger partial charge in [0.15, 0.2) is 11.5 Å². The molecule has 0 aliphatic carbocycles. The third kappa shape index (κ3) is 4.44. The number of carbonyl (C=O) groups is 1. The van der Waals surface area contributed by atoms with Crippen molar-refractivity contribution in [3.05, 3.63) is 17.7 Å². The van der Waals surface area contributed by atoms with Crippen molar-refractivity contribution in [2.24, 2.45) is 0 Å². The predicted molar refractivity (Wildman–Crippen MR) is 73.1 cm³/mol. The van der Waals surface area contributed by atoms with Crippen LogP contribution in [0.3, 0.4) is 0 Å². The maximum Gasteiger partial charge on any atom is 0.203 e. The third-order valence-corrected chi connectivity index (χ3v) is 2.71. The molecule has 0 radical (unpaired) electrons.